The van der Waals surface area contributed by atoms with E-state index in [0.29, 0.717) is 80.4 Å². The summed E-state index contributed by atoms with van der Waals surface area (Å²) in [4.78, 5) is 48.6. The highest BCUT2D eigenvalue weighted by atomic mass is 79.9. The number of aromatic nitrogens is 12. The lowest BCUT2D eigenvalue weighted by Crippen LogP contribution is -2.42. The molecule has 4 N–H and O–H groups in total. The Hall–Kier alpha value is -4.94. The van der Waals surface area contributed by atoms with Gasteiger partial charge in [0.05, 0.1) is 24.4 Å². The van der Waals surface area contributed by atoms with E-state index in [2.05, 4.69) is 306 Å². The molecule has 124 heavy (non-hydrogen) atoms. The second-order valence-electron chi connectivity index (χ2n) is 36.9. The number of rotatable bonds is 26. The van der Waals surface area contributed by atoms with E-state index < -0.39 is 45.5 Å². The van der Waals surface area contributed by atoms with Gasteiger partial charge in [0, 0.05) is 44.5 Å². The van der Waals surface area contributed by atoms with Crippen LogP contribution in [0.2, 0.25) is 72.5 Å². The number of aliphatic hydroxyl groups is 2. The normalized spacial score (nSPS) is 17.4. The van der Waals surface area contributed by atoms with Crippen molar-refractivity contribution in [2.24, 2.45) is 0 Å². The summed E-state index contributed by atoms with van der Waals surface area (Å²) in [6.45, 7) is 46.9. The summed E-state index contributed by atoms with van der Waals surface area (Å²) in [5.41, 5.74) is 5.05. The maximum atomic E-state index is 11.2. The molecule has 0 amide bonds. The molecule has 9 unspecified atom stereocenters. The number of nitrogens with zero attached hydrogens (tertiary/aromatic N) is 11. The molecule has 24 nitrogen and oxygen atoms in total. The van der Waals surface area contributed by atoms with Gasteiger partial charge in [0.2, 0.25) is 18.9 Å². The van der Waals surface area contributed by atoms with E-state index in [0.717, 1.165) is 103 Å². The fourth-order valence-corrected chi connectivity index (χ4v) is 19.9. The van der Waals surface area contributed by atoms with Crippen molar-refractivity contribution in [3.63, 3.8) is 0 Å². The van der Waals surface area contributed by atoms with Crippen molar-refractivity contribution in [3.05, 3.63) is 220 Å². The monoisotopic (exact) mass is 2160 g/mol. The van der Waals surface area contributed by atoms with Crippen LogP contribution in [0.1, 0.15) is 266 Å². The average Bonchev–Trinajstić information content (AvgIpc) is 1.49. The van der Waals surface area contributed by atoms with Crippen LogP contribution in [0.25, 0.3) is 0 Å². The molecule has 4 aromatic heterocycles. The molecule has 682 valence electrons. The highest BCUT2D eigenvalue weighted by molar-refractivity contribution is 9.11. The zero-order valence-electron chi connectivity index (χ0n) is 75.9. The third-order valence-electron chi connectivity index (χ3n) is 23.4. The first-order valence-electron chi connectivity index (χ1n) is 42.6. The van der Waals surface area contributed by atoms with Gasteiger partial charge in [0.25, 0.3) is 0 Å². The summed E-state index contributed by atoms with van der Waals surface area (Å²) in [5, 5.41) is 45.7. The van der Waals surface area contributed by atoms with Gasteiger partial charge < -0.3 is 47.0 Å². The largest absolute Gasteiger partial charge is 0.410 e. The molecule has 3 aliphatic rings. The van der Waals surface area contributed by atoms with Crippen LogP contribution in [0.15, 0.2) is 180 Å². The number of piperidine rings is 1. The van der Waals surface area contributed by atoms with Gasteiger partial charge >= 0.3 is 0 Å². The highest BCUT2D eigenvalue weighted by Gasteiger charge is 2.44. The third kappa shape index (κ3) is 35.1. The van der Waals surface area contributed by atoms with E-state index in [-0.39, 0.29) is 57.0 Å². The number of carbonyl (C=O) groups is 3. The fraction of sp³-hybridized carbons (Fsp3) is 0.544. The number of halogens is 6. The lowest BCUT2D eigenvalue weighted by atomic mass is 10.0. The van der Waals surface area contributed by atoms with Crippen LogP contribution in [-0.4, -0.2) is 142 Å². The number of hydrogen-bond acceptors (Lipinski definition) is 20. The number of ether oxygens (including phenoxy) is 2. The summed E-state index contributed by atoms with van der Waals surface area (Å²) in [6.07, 6.45) is 11.7. The predicted octanol–water partition coefficient (Wildman–Crippen LogP) is 25.4. The molecule has 3 fully saturated rings. The van der Waals surface area contributed by atoms with Crippen molar-refractivity contribution in [2.45, 2.75) is 294 Å². The van der Waals surface area contributed by atoms with Gasteiger partial charge in [0.15, 0.2) is 66.8 Å². The molecule has 9 aromatic rings. The Balaban J connectivity index is 0.000000235. The number of H-pyrrole nitrogens is 1. The number of nitrogens with one attached hydrogen (secondary N) is 2. The molecule has 0 bridgehead atoms. The Morgan fingerprint density at radius 1 is 0.427 bits per heavy atom. The molecule has 0 spiro atoms. The van der Waals surface area contributed by atoms with Gasteiger partial charge in [-0.1, -0.05) is 235 Å². The van der Waals surface area contributed by atoms with Gasteiger partial charge in [-0.15, -0.1) is 20.4 Å². The lowest BCUT2D eigenvalue weighted by molar-refractivity contribution is -0.110. The minimum atomic E-state index is -2.05. The van der Waals surface area contributed by atoms with E-state index in [1.165, 1.54) is 12.8 Å². The first-order valence-corrected chi connectivity index (χ1v) is 59.0. The molecule has 3 saturated heterocycles. The van der Waals surface area contributed by atoms with Crippen LogP contribution in [0, 0.1) is 0 Å². The fourth-order valence-electron chi connectivity index (χ4n) is 12.2. The molecule has 12 rings (SSSR count). The molecule has 3 aliphatic heterocycles. The van der Waals surface area contributed by atoms with E-state index in [1.54, 1.807) is 21.5 Å². The van der Waals surface area contributed by atoms with Crippen molar-refractivity contribution in [2.75, 3.05) is 19.8 Å². The Morgan fingerprint density at radius 3 is 1.01 bits per heavy atom. The molecule has 7 heterocycles. The number of aliphatic hydroxyl groups excluding tert-OH is 2. The van der Waals surface area contributed by atoms with Crippen LogP contribution in [-0.2, 0) is 36.8 Å². The number of aromatic amines is 1. The van der Waals surface area contributed by atoms with Crippen molar-refractivity contribution in [3.8, 4) is 0 Å². The van der Waals surface area contributed by atoms with Crippen molar-refractivity contribution >= 4 is 148 Å². The van der Waals surface area contributed by atoms with E-state index in [1.807, 2.05) is 120 Å². The van der Waals surface area contributed by atoms with Gasteiger partial charge in [-0.3, -0.25) is 15.2 Å². The minimum Gasteiger partial charge on any atom is -0.410 e. The Labute approximate surface area is 791 Å². The Bertz CT molecular complexity index is 4330. The van der Waals surface area contributed by atoms with Crippen LogP contribution in [0.4, 0.5) is 0 Å². The summed E-state index contributed by atoms with van der Waals surface area (Å²) < 4.78 is 46.9. The zero-order valence-corrected chi connectivity index (χ0v) is 89.4. The van der Waals surface area contributed by atoms with Crippen LogP contribution in [0.3, 0.4) is 0 Å². The summed E-state index contributed by atoms with van der Waals surface area (Å²) in [5.74, 6) is 1.04. The standard InChI is InChI=1S/2C22H34BrN3O3Si.2C15H24O2Si.C7H10Br2N4.C7H6O.C2HBr2N3/c2*1-22(2,3)30(4,5)29-18(16-11-7-6-8-12-16)15-17(27)20-24-21(23)25-26(20)19-13-9-10-14-28-19;2*1-15(2,3)18(4,5)17-14(11-12-16)13-9-7-6-8-10-13;8-6-11-7(9)13(12-6)5-3-1-2-4-10-5;8-6-7-4-2-1-3-5-7;3-1-5-2(4)7-6-1/h2*6-8,11-12,17-19,27H,9-10,13-15H2,1-5H3;2*6-10,12,14H,11H2,1-5H3;5,10H,1-4H2;1-6H;(H,5,6,7). The Kier molecular flexibility index (Phi) is 44.4. The second kappa shape index (κ2) is 51.0. The quantitative estimate of drug-likeness (QED) is 0.0289. The topological polar surface area (TPSA) is 293 Å². The predicted molar refractivity (Wildman–Crippen MR) is 523 cm³/mol. The van der Waals surface area contributed by atoms with Gasteiger partial charge in [-0.05, 0) is 255 Å². The molecular weight excluding hydrogens is 2030 g/mol. The van der Waals surface area contributed by atoms with E-state index >= 15 is 0 Å². The molecule has 9 atom stereocenters. The van der Waals surface area contributed by atoms with Gasteiger partial charge in [0.1, 0.15) is 37.2 Å². The first kappa shape index (κ1) is 108. The van der Waals surface area contributed by atoms with Crippen LogP contribution >= 0.6 is 95.6 Å². The number of carbonyl (C=O) groups excluding carboxylic acids is 3. The van der Waals surface area contributed by atoms with Gasteiger partial charge in [-0.25, -0.2) is 24.0 Å². The van der Waals surface area contributed by atoms with Crippen LogP contribution in [0.5, 0.6) is 0 Å². The second-order valence-corrected chi connectivity index (χ2v) is 60.2. The molecular formula is C90H133Br6N13O11Si4. The smallest absolute Gasteiger partial charge is 0.218 e. The zero-order chi connectivity index (χ0) is 91.9. The molecule has 0 radical (unpaired) electrons. The maximum Gasteiger partial charge on any atom is 0.218 e. The molecule has 5 aromatic carbocycles. The summed E-state index contributed by atoms with van der Waals surface area (Å²) in [6, 6.07) is 49.4. The summed E-state index contributed by atoms with van der Waals surface area (Å²) in [7, 11) is -7.79. The number of benzene rings is 5. The number of aldehydes is 3. The lowest BCUT2D eigenvalue weighted by Gasteiger charge is -2.40. The molecule has 0 aliphatic carbocycles. The van der Waals surface area contributed by atoms with Crippen molar-refractivity contribution < 1.29 is 51.8 Å². The van der Waals surface area contributed by atoms with Crippen molar-refractivity contribution in [1.82, 2.24) is 64.8 Å². The van der Waals surface area contributed by atoms with Gasteiger partial charge in [-0.2, -0.15) is 9.97 Å². The minimum absolute atomic E-state index is 0.0734. The summed E-state index contributed by atoms with van der Waals surface area (Å²) >= 11 is 19.5. The first-order chi connectivity index (χ1) is 58.2. The van der Waals surface area contributed by atoms with E-state index in [9.17, 15) is 24.6 Å². The molecule has 34 heteroatoms. The highest BCUT2D eigenvalue weighted by Crippen LogP contribution is 2.46. The number of hydrogen-bond donors (Lipinski definition) is 4. The average molecular weight is 2160 g/mol. The van der Waals surface area contributed by atoms with Crippen LogP contribution < -0.4 is 5.32 Å². The SMILES string of the molecule is Brc1n[nH]c(Br)n1.Brc1nc(Br)n(C2CCCCN2)n1.CC(C)(C)[Si](C)(C)OC(CC(O)c1nc(Br)nn1C1CCCCO1)c1ccccc1.CC(C)(C)[Si](C)(C)OC(CC(O)c1nc(Br)nn1C1CCCCO1)c1ccccc1.CC(C)(C)[Si](C)(C)OC(CC=O)c1ccccc1.CC(C)(C)[Si](C)(C)OC(CC=O)c1ccccc1.O=Cc1ccccc1. The van der Waals surface area contributed by atoms with E-state index in [4.69, 9.17) is 27.2 Å². The maximum absolute atomic E-state index is 11.2. The Morgan fingerprint density at radius 2 is 0.750 bits per heavy atom. The van der Waals surface area contributed by atoms with Crippen molar-refractivity contribution in [1.29, 1.82) is 0 Å². The third-order valence-corrected chi connectivity index (χ3v) is 43.6. The molecule has 0 saturated carbocycles.